The lowest BCUT2D eigenvalue weighted by Gasteiger charge is -2.20. The molecule has 1 aliphatic rings. The summed E-state index contributed by atoms with van der Waals surface area (Å²) in [5.41, 5.74) is 2.42. The van der Waals surface area contributed by atoms with Gasteiger partial charge in [-0.05, 0) is 42.7 Å². The van der Waals surface area contributed by atoms with E-state index in [2.05, 4.69) is 27.1 Å². The fourth-order valence-corrected chi connectivity index (χ4v) is 4.21. The minimum atomic E-state index is -2.55. The first-order chi connectivity index (χ1) is 15.5. The highest BCUT2D eigenvalue weighted by Crippen LogP contribution is 2.36. The van der Waals surface area contributed by atoms with Crippen molar-refractivity contribution in [2.24, 2.45) is 0 Å². The highest BCUT2D eigenvalue weighted by atomic mass is 19.3. The van der Waals surface area contributed by atoms with Crippen molar-refractivity contribution in [2.45, 2.75) is 37.6 Å². The average molecular weight is 442 g/mol. The van der Waals surface area contributed by atoms with Gasteiger partial charge in [-0.15, -0.1) is 10.2 Å². The van der Waals surface area contributed by atoms with Gasteiger partial charge in [0, 0.05) is 35.6 Å². The summed E-state index contributed by atoms with van der Waals surface area (Å²) in [6.07, 6.45) is -0.650. The molecule has 0 saturated carbocycles. The Morgan fingerprint density at radius 1 is 1.38 bits per heavy atom. The normalized spacial score (nSPS) is 19.1. The third-order valence-electron chi connectivity index (χ3n) is 5.67. The monoisotopic (exact) mass is 442 g/mol. The van der Waals surface area contributed by atoms with Gasteiger partial charge in [0.2, 0.25) is 12.3 Å². The number of carbonyl (C=O) groups excluding carboxylic acids is 1. The molecule has 0 unspecified atom stereocenters. The first-order valence-corrected chi connectivity index (χ1v) is 10.4. The predicted octanol–water partition coefficient (Wildman–Crippen LogP) is 3.70. The number of aromatic hydroxyl groups is 1. The zero-order valence-electron chi connectivity index (χ0n) is 17.4. The molecule has 3 aromatic rings. The van der Waals surface area contributed by atoms with Crippen LogP contribution in [-0.2, 0) is 16.0 Å². The molecule has 3 N–H and O–H groups in total. The number of fused-ring (bicyclic) bond motifs is 1. The standard InChI is InChI=1S/C23H24F2N4O3/c1-2-21(31)26-14-9-13(7-8-32-12-14)22-16(11-20(24)25)17-10-18(28-29-23(17)27-22)15-5-3-4-6-19(15)30/h2-6,10,13-14,20,30H,1,7-9,11-12H2,(H,26,31)(H,27,29)/t13-,14+/m0/s1. The van der Waals surface area contributed by atoms with Crippen LogP contribution in [0.25, 0.3) is 22.3 Å². The zero-order chi connectivity index (χ0) is 22.7. The summed E-state index contributed by atoms with van der Waals surface area (Å²) in [5.74, 6) is -0.403. The van der Waals surface area contributed by atoms with Crippen molar-refractivity contribution in [1.29, 1.82) is 0 Å². The van der Waals surface area contributed by atoms with E-state index in [-0.39, 0.29) is 23.6 Å². The van der Waals surface area contributed by atoms with Crippen molar-refractivity contribution >= 4 is 16.9 Å². The number of rotatable bonds is 6. The number of phenols is 1. The fraction of sp³-hybridized carbons (Fsp3) is 0.348. The third kappa shape index (κ3) is 4.62. The van der Waals surface area contributed by atoms with Crippen LogP contribution in [0, 0.1) is 0 Å². The maximum atomic E-state index is 13.6. The van der Waals surface area contributed by atoms with Gasteiger partial charge in [-0.2, -0.15) is 0 Å². The van der Waals surface area contributed by atoms with Crippen LogP contribution >= 0.6 is 0 Å². The molecule has 4 rings (SSSR count). The van der Waals surface area contributed by atoms with Crippen molar-refractivity contribution in [3.63, 3.8) is 0 Å². The smallest absolute Gasteiger partial charge is 0.243 e. The second-order valence-corrected chi connectivity index (χ2v) is 7.83. The molecule has 3 heterocycles. The number of ether oxygens (including phenoxy) is 1. The van der Waals surface area contributed by atoms with Crippen LogP contribution in [0.15, 0.2) is 43.0 Å². The van der Waals surface area contributed by atoms with Crippen LogP contribution in [0.2, 0.25) is 0 Å². The Morgan fingerprint density at radius 2 is 2.19 bits per heavy atom. The number of phenolic OH excluding ortho intramolecular Hbond substituents is 1. The van der Waals surface area contributed by atoms with E-state index in [1.54, 1.807) is 24.3 Å². The van der Waals surface area contributed by atoms with Gasteiger partial charge < -0.3 is 20.1 Å². The predicted molar refractivity (Wildman–Crippen MR) is 116 cm³/mol. The van der Waals surface area contributed by atoms with Gasteiger partial charge in [0.1, 0.15) is 5.75 Å². The van der Waals surface area contributed by atoms with Gasteiger partial charge in [0.15, 0.2) is 5.65 Å². The summed E-state index contributed by atoms with van der Waals surface area (Å²) in [6, 6.07) is 8.10. The minimum Gasteiger partial charge on any atom is -0.507 e. The van der Waals surface area contributed by atoms with E-state index in [1.807, 2.05) is 0 Å². The molecule has 0 radical (unpaired) electrons. The number of carbonyl (C=O) groups is 1. The molecule has 2 atom stereocenters. The van der Waals surface area contributed by atoms with Crippen LogP contribution in [0.5, 0.6) is 5.75 Å². The Bertz CT molecular complexity index is 1130. The van der Waals surface area contributed by atoms with Gasteiger partial charge in [-0.25, -0.2) is 8.78 Å². The Hall–Kier alpha value is -3.33. The molecule has 0 bridgehead atoms. The molecule has 1 aliphatic heterocycles. The summed E-state index contributed by atoms with van der Waals surface area (Å²) < 4.78 is 32.7. The molecule has 2 aromatic heterocycles. The van der Waals surface area contributed by atoms with Gasteiger partial charge in [-0.3, -0.25) is 4.79 Å². The molecule has 1 aromatic carbocycles. The van der Waals surface area contributed by atoms with Crippen molar-refractivity contribution < 1.29 is 23.4 Å². The van der Waals surface area contributed by atoms with Crippen molar-refractivity contribution in [3.8, 4) is 17.0 Å². The average Bonchev–Trinajstić information content (AvgIpc) is 2.96. The third-order valence-corrected chi connectivity index (χ3v) is 5.67. The lowest BCUT2D eigenvalue weighted by atomic mass is 9.90. The van der Waals surface area contributed by atoms with Crippen molar-refractivity contribution in [3.05, 3.63) is 54.2 Å². The number of alkyl halides is 2. The summed E-state index contributed by atoms with van der Waals surface area (Å²) in [5, 5.41) is 21.9. The number of amides is 1. The number of H-pyrrole nitrogens is 1. The van der Waals surface area contributed by atoms with Gasteiger partial charge in [0.25, 0.3) is 0 Å². The highest BCUT2D eigenvalue weighted by molar-refractivity contribution is 5.87. The largest absolute Gasteiger partial charge is 0.507 e. The van der Waals surface area contributed by atoms with E-state index < -0.39 is 12.8 Å². The molecule has 0 aliphatic carbocycles. The number of halogens is 2. The topological polar surface area (TPSA) is 100 Å². The van der Waals surface area contributed by atoms with Crippen LogP contribution in [-0.4, -0.2) is 51.9 Å². The number of hydrogen-bond donors (Lipinski definition) is 3. The first-order valence-electron chi connectivity index (χ1n) is 10.4. The maximum absolute atomic E-state index is 13.6. The number of benzene rings is 1. The molecule has 9 heteroatoms. The van der Waals surface area contributed by atoms with E-state index in [9.17, 15) is 18.7 Å². The molecule has 168 valence electrons. The molecular formula is C23H24F2N4O3. The number of nitrogens with one attached hydrogen (secondary N) is 2. The number of para-hydroxylation sites is 1. The second-order valence-electron chi connectivity index (χ2n) is 7.83. The van der Waals surface area contributed by atoms with Gasteiger partial charge in [-0.1, -0.05) is 18.7 Å². The fourth-order valence-electron chi connectivity index (χ4n) is 4.21. The first kappa shape index (κ1) is 21.9. The van der Waals surface area contributed by atoms with Crippen molar-refractivity contribution in [1.82, 2.24) is 20.5 Å². The molecule has 7 nitrogen and oxygen atoms in total. The van der Waals surface area contributed by atoms with E-state index in [0.717, 1.165) is 0 Å². The number of nitrogens with zero attached hydrogens (tertiary/aromatic N) is 2. The minimum absolute atomic E-state index is 0.0361. The van der Waals surface area contributed by atoms with E-state index in [4.69, 9.17) is 4.74 Å². The van der Waals surface area contributed by atoms with E-state index in [0.29, 0.717) is 59.6 Å². The number of aromatic amines is 1. The van der Waals surface area contributed by atoms with E-state index in [1.165, 1.54) is 12.1 Å². The molecule has 1 amide bonds. The van der Waals surface area contributed by atoms with Crippen LogP contribution in [0.1, 0.15) is 30.0 Å². The summed E-state index contributed by atoms with van der Waals surface area (Å²) >= 11 is 0. The highest BCUT2D eigenvalue weighted by Gasteiger charge is 2.28. The zero-order valence-corrected chi connectivity index (χ0v) is 17.4. The lowest BCUT2D eigenvalue weighted by molar-refractivity contribution is -0.117. The lowest BCUT2D eigenvalue weighted by Crippen LogP contribution is -2.37. The quantitative estimate of drug-likeness (QED) is 0.506. The van der Waals surface area contributed by atoms with Gasteiger partial charge in [0.05, 0.1) is 18.3 Å². The molecule has 1 saturated heterocycles. The molecule has 0 spiro atoms. The maximum Gasteiger partial charge on any atom is 0.243 e. The number of hydrogen-bond acceptors (Lipinski definition) is 5. The summed E-state index contributed by atoms with van der Waals surface area (Å²) in [6.45, 7) is 4.26. The molecular weight excluding hydrogens is 418 g/mol. The number of aromatic nitrogens is 3. The van der Waals surface area contributed by atoms with Crippen molar-refractivity contribution in [2.75, 3.05) is 13.2 Å². The van der Waals surface area contributed by atoms with E-state index >= 15 is 0 Å². The SMILES string of the molecule is C=CC(=O)N[C@H]1COCC[C@H](c2[nH]c3nnc(-c4ccccc4O)cc3c2CC(F)F)C1. The van der Waals surface area contributed by atoms with Crippen LogP contribution in [0.4, 0.5) is 8.78 Å². The van der Waals surface area contributed by atoms with Crippen LogP contribution in [0.3, 0.4) is 0 Å². The Kier molecular flexibility index (Phi) is 6.45. The van der Waals surface area contributed by atoms with Crippen LogP contribution < -0.4 is 5.32 Å². The Labute approximate surface area is 183 Å². The molecule has 1 fully saturated rings. The Morgan fingerprint density at radius 3 is 2.94 bits per heavy atom. The summed E-state index contributed by atoms with van der Waals surface area (Å²) in [7, 11) is 0. The second kappa shape index (κ2) is 9.44. The Balaban J connectivity index is 1.75. The van der Waals surface area contributed by atoms with Gasteiger partial charge >= 0.3 is 0 Å². The molecule has 32 heavy (non-hydrogen) atoms. The summed E-state index contributed by atoms with van der Waals surface area (Å²) in [4.78, 5) is 14.9.